The molecule has 0 spiro atoms. The zero-order chi connectivity index (χ0) is 24.5. The molecule has 0 saturated carbocycles. The Bertz CT molecular complexity index is 1380. The van der Waals surface area contributed by atoms with E-state index in [0.717, 1.165) is 52.2 Å². The highest BCUT2D eigenvalue weighted by atomic mass is 35.5. The molecule has 1 aliphatic heterocycles. The van der Waals surface area contributed by atoms with E-state index in [1.807, 2.05) is 37.3 Å². The number of benzene rings is 3. The van der Waals surface area contributed by atoms with Crippen molar-refractivity contribution < 1.29 is 19.0 Å². The van der Waals surface area contributed by atoms with Gasteiger partial charge in [0.2, 0.25) is 5.78 Å². The van der Waals surface area contributed by atoms with Crippen molar-refractivity contribution in [3.63, 3.8) is 0 Å². The van der Waals surface area contributed by atoms with Crippen molar-refractivity contribution in [1.29, 1.82) is 0 Å². The van der Waals surface area contributed by atoms with Crippen LogP contribution in [0.1, 0.15) is 20.8 Å². The lowest BCUT2D eigenvalue weighted by Crippen LogP contribution is -2.49. The molecule has 0 unspecified atom stereocenters. The summed E-state index contributed by atoms with van der Waals surface area (Å²) in [5, 5.41) is 11.5. The maximum atomic E-state index is 13.6. The summed E-state index contributed by atoms with van der Waals surface area (Å²) in [5.41, 5.74) is 3.16. The van der Waals surface area contributed by atoms with Crippen LogP contribution in [0, 0.1) is 12.8 Å². The van der Waals surface area contributed by atoms with Crippen LogP contribution in [-0.2, 0) is 0 Å². The number of aryl methyl sites for hydroxylation is 1. The number of nitrogens with zero attached hydrogens (tertiary/aromatic N) is 1. The predicted octanol–water partition coefficient (Wildman–Crippen LogP) is 6.75. The molecule has 5 rings (SSSR count). The summed E-state index contributed by atoms with van der Waals surface area (Å²) >= 11 is 7.48. The van der Waals surface area contributed by atoms with Gasteiger partial charge in [0.05, 0.1) is 11.6 Å². The van der Waals surface area contributed by atoms with E-state index in [-0.39, 0.29) is 24.1 Å². The first-order valence-corrected chi connectivity index (χ1v) is 12.7. The van der Waals surface area contributed by atoms with E-state index in [2.05, 4.69) is 4.90 Å². The van der Waals surface area contributed by atoms with E-state index in [0.29, 0.717) is 22.1 Å². The molecule has 1 aliphatic rings. The van der Waals surface area contributed by atoms with Crippen molar-refractivity contribution in [3.05, 3.63) is 81.7 Å². The van der Waals surface area contributed by atoms with E-state index in [4.69, 9.17) is 16.3 Å². The molecule has 3 aromatic carbocycles. The molecule has 4 aromatic rings. The summed E-state index contributed by atoms with van der Waals surface area (Å²) in [5.74, 6) is 1.01. The maximum Gasteiger partial charge on any atom is 0.203 e. The van der Waals surface area contributed by atoms with Crippen molar-refractivity contribution in [2.45, 2.75) is 6.92 Å². The van der Waals surface area contributed by atoms with Crippen molar-refractivity contribution in [2.24, 2.45) is 5.92 Å². The first-order valence-electron chi connectivity index (χ1n) is 11.5. The molecule has 0 aliphatic carbocycles. The number of ether oxygens (including phenoxy) is 1. The Morgan fingerprint density at radius 2 is 1.91 bits per heavy atom. The molecule has 4 nitrogen and oxygen atoms in total. The topological polar surface area (TPSA) is 49.8 Å². The van der Waals surface area contributed by atoms with E-state index in [9.17, 15) is 14.3 Å². The third kappa shape index (κ3) is 4.92. The molecule has 35 heavy (non-hydrogen) atoms. The van der Waals surface area contributed by atoms with Gasteiger partial charge in [-0.25, -0.2) is 0 Å². The Morgan fingerprint density at radius 1 is 1.14 bits per heavy atom. The average Bonchev–Trinajstić information content (AvgIpc) is 3.19. The number of hydrogen-bond acceptors (Lipinski definition) is 5. The fourth-order valence-corrected chi connectivity index (χ4v) is 5.94. The highest BCUT2D eigenvalue weighted by molar-refractivity contribution is 7.21. The van der Waals surface area contributed by atoms with Crippen LogP contribution in [0.2, 0.25) is 5.02 Å². The number of rotatable bonds is 8. The molecule has 1 saturated heterocycles. The standard InChI is InChI=1S/C28H25ClFNO3S/c1-17-12-20(29)4-8-23(17)27(33)28-26(24-9-5-21(32)13-25(24)35-28)19-2-6-22(7-3-19)34-11-10-31-15-18(14-30)16-31/h2-9,12-13,18,32H,10-11,14-16H2,1H3. The van der Waals surface area contributed by atoms with Crippen LogP contribution < -0.4 is 4.74 Å². The minimum absolute atomic E-state index is 0.0729. The van der Waals surface area contributed by atoms with Crippen molar-refractivity contribution in [1.82, 2.24) is 4.90 Å². The zero-order valence-corrected chi connectivity index (χ0v) is 20.8. The molecule has 1 aromatic heterocycles. The first-order chi connectivity index (χ1) is 16.9. The summed E-state index contributed by atoms with van der Waals surface area (Å²) in [4.78, 5) is 16.4. The van der Waals surface area contributed by atoms with Crippen LogP contribution in [0.4, 0.5) is 4.39 Å². The summed E-state index contributed by atoms with van der Waals surface area (Å²) in [6.07, 6.45) is 0. The fraction of sp³-hybridized carbons (Fsp3) is 0.250. The number of thiophene rings is 1. The lowest BCUT2D eigenvalue weighted by Gasteiger charge is -2.37. The Balaban J connectivity index is 1.42. The van der Waals surface area contributed by atoms with Gasteiger partial charge < -0.3 is 9.84 Å². The third-order valence-corrected chi connectivity index (χ3v) is 7.77. The number of phenolic OH excluding ortho intramolecular Hbond substituents is 1. The average molecular weight is 510 g/mol. The number of halogens is 2. The molecule has 0 amide bonds. The maximum absolute atomic E-state index is 13.6. The molecule has 7 heteroatoms. The minimum atomic E-state index is -0.252. The largest absolute Gasteiger partial charge is 0.508 e. The van der Waals surface area contributed by atoms with Gasteiger partial charge in [-0.1, -0.05) is 23.7 Å². The summed E-state index contributed by atoms with van der Waals surface area (Å²) in [6.45, 7) is 4.53. The van der Waals surface area contributed by atoms with Crippen LogP contribution >= 0.6 is 22.9 Å². The minimum Gasteiger partial charge on any atom is -0.508 e. The van der Waals surface area contributed by atoms with Gasteiger partial charge in [0.1, 0.15) is 18.1 Å². The van der Waals surface area contributed by atoms with Crippen molar-refractivity contribution in [3.8, 4) is 22.6 Å². The highest BCUT2D eigenvalue weighted by Gasteiger charge is 2.26. The van der Waals surface area contributed by atoms with Crippen molar-refractivity contribution in [2.75, 3.05) is 32.9 Å². The van der Waals surface area contributed by atoms with Gasteiger partial charge in [-0.3, -0.25) is 14.1 Å². The fourth-order valence-electron chi connectivity index (χ4n) is 4.50. The summed E-state index contributed by atoms with van der Waals surface area (Å²) in [6, 6.07) is 18.2. The number of carbonyl (C=O) groups is 1. The Kier molecular flexibility index (Phi) is 6.78. The number of ketones is 1. The van der Waals surface area contributed by atoms with Gasteiger partial charge in [-0.05, 0) is 66.6 Å². The normalized spacial score (nSPS) is 14.3. The van der Waals surface area contributed by atoms with Gasteiger partial charge in [-0.15, -0.1) is 11.3 Å². The van der Waals surface area contributed by atoms with E-state index in [1.165, 1.54) is 11.3 Å². The second-order valence-corrected chi connectivity index (χ2v) is 10.4. The van der Waals surface area contributed by atoms with Crippen LogP contribution in [-0.4, -0.2) is 48.7 Å². The smallest absolute Gasteiger partial charge is 0.203 e. The Labute approximate surface area is 212 Å². The quantitative estimate of drug-likeness (QED) is 0.267. The van der Waals surface area contributed by atoms with Crippen LogP contribution in [0.3, 0.4) is 0 Å². The number of alkyl halides is 1. The lowest BCUT2D eigenvalue weighted by molar-refractivity contribution is 0.0668. The number of likely N-dealkylation sites (tertiary alicyclic amines) is 1. The highest BCUT2D eigenvalue weighted by Crippen LogP contribution is 2.42. The Morgan fingerprint density at radius 3 is 2.63 bits per heavy atom. The van der Waals surface area contributed by atoms with Crippen LogP contribution in [0.5, 0.6) is 11.5 Å². The third-order valence-electron chi connectivity index (χ3n) is 6.38. The molecular formula is C28H25ClFNO3S. The number of phenols is 1. The molecule has 1 fully saturated rings. The number of carbonyl (C=O) groups excluding carboxylic acids is 1. The molecule has 0 radical (unpaired) electrons. The van der Waals surface area contributed by atoms with Gasteiger partial charge >= 0.3 is 0 Å². The molecule has 2 heterocycles. The number of hydrogen-bond donors (Lipinski definition) is 1. The molecule has 180 valence electrons. The van der Waals surface area contributed by atoms with Gasteiger partial charge in [0.25, 0.3) is 0 Å². The monoisotopic (exact) mass is 509 g/mol. The zero-order valence-electron chi connectivity index (χ0n) is 19.3. The SMILES string of the molecule is Cc1cc(Cl)ccc1C(=O)c1sc2cc(O)ccc2c1-c1ccc(OCCN2CC(CF)C2)cc1. The molecule has 0 atom stereocenters. The van der Waals surface area contributed by atoms with Crippen LogP contribution in [0.15, 0.2) is 60.7 Å². The Hall–Kier alpha value is -2.93. The first kappa shape index (κ1) is 23.8. The van der Waals surface area contributed by atoms with E-state index >= 15 is 0 Å². The second kappa shape index (κ2) is 9.97. The number of fused-ring (bicyclic) bond motifs is 1. The predicted molar refractivity (Wildman–Crippen MR) is 140 cm³/mol. The molecule has 0 bridgehead atoms. The van der Waals surface area contributed by atoms with E-state index < -0.39 is 0 Å². The number of aromatic hydroxyl groups is 1. The van der Waals surface area contributed by atoms with Gasteiger partial charge in [-0.2, -0.15) is 0 Å². The summed E-state index contributed by atoms with van der Waals surface area (Å²) in [7, 11) is 0. The van der Waals surface area contributed by atoms with Gasteiger partial charge in [0.15, 0.2) is 0 Å². The lowest BCUT2D eigenvalue weighted by atomic mass is 9.96. The van der Waals surface area contributed by atoms with Gasteiger partial charge in [0, 0.05) is 51.8 Å². The summed E-state index contributed by atoms with van der Waals surface area (Å²) < 4.78 is 19.3. The van der Waals surface area contributed by atoms with E-state index in [1.54, 1.807) is 30.3 Å². The molecular weight excluding hydrogens is 485 g/mol. The second-order valence-electron chi connectivity index (χ2n) is 8.93. The van der Waals surface area contributed by atoms with Crippen molar-refractivity contribution >= 4 is 38.8 Å². The van der Waals surface area contributed by atoms with Crippen LogP contribution in [0.25, 0.3) is 21.2 Å². The molecule has 1 N–H and O–H groups in total.